The maximum absolute atomic E-state index is 12.9. The maximum Gasteiger partial charge on any atom is 0.269 e. The molecule has 2 N–H and O–H groups in total. The molecule has 6 heterocycles. The number of aldehydes is 1. The van der Waals surface area contributed by atoms with Gasteiger partial charge in [-0.25, -0.2) is 9.97 Å². The van der Waals surface area contributed by atoms with Crippen molar-refractivity contribution in [3.63, 3.8) is 0 Å². The molecule has 0 saturated carbocycles. The minimum absolute atomic E-state index is 0.0233. The van der Waals surface area contributed by atoms with Gasteiger partial charge in [-0.15, -0.1) is 0 Å². The molecule has 77 heavy (non-hydrogen) atoms. The van der Waals surface area contributed by atoms with Gasteiger partial charge in [0.25, 0.3) is 11.1 Å². The molecule has 2 aromatic heterocycles. The second-order valence-corrected chi connectivity index (χ2v) is 18.8. The van der Waals surface area contributed by atoms with Crippen LogP contribution in [0.25, 0.3) is 22.1 Å². The topological polar surface area (TPSA) is 261 Å². The van der Waals surface area contributed by atoms with Crippen LogP contribution < -0.4 is 45.6 Å². The highest BCUT2D eigenvalue weighted by atomic mass is 16.7. The standard InChI is InChI=1S/C28H31N3O7.C14H16N2O5.C13H14N2O3/c1-35-17-38-23(15-31-25-12-22(36-2)6-7-24(25)29-13-28(31)34)5-3-18-9-27(33)30(14-18)20-4-8-26-19(10-20)11-21(32)16-37-26;1-19-9-21-11(8-17)7-16-13-5-10(20-2)3-4-12(13)15-6-14(16)18;14-9-5-13(17)15(6-9)10-1-2-12-8(3-10)4-11(16)7-18-12/h4,6-8,10,12-13,18,23H,3,5,9,11,14-17H2,1-2H3;3-6,8,11H,7,9H2,1-2H3;1-3,9H,4-7,14H2. The van der Waals surface area contributed by atoms with E-state index in [2.05, 4.69) is 9.97 Å². The number of aromatic nitrogens is 4. The van der Waals surface area contributed by atoms with E-state index in [0.717, 1.165) is 34.7 Å². The van der Waals surface area contributed by atoms with E-state index in [1.807, 2.05) is 42.5 Å². The Kier molecular flexibility index (Phi) is 18.5. The van der Waals surface area contributed by atoms with Crippen LogP contribution in [-0.2, 0) is 68.9 Å². The average Bonchev–Trinajstić information content (AvgIpc) is 4.00. The summed E-state index contributed by atoms with van der Waals surface area (Å²) in [5, 5.41) is 0. The molecule has 6 aromatic rings. The van der Waals surface area contributed by atoms with Crippen LogP contribution in [0.4, 0.5) is 11.4 Å². The van der Waals surface area contributed by atoms with Gasteiger partial charge in [0.15, 0.2) is 17.9 Å². The SMILES string of the molecule is COCOC(C=O)Cn1c(=O)cnc2ccc(OC)cc21.COCOC(CCC1CC(=O)N(c2ccc3c(c2)CC(=O)CO3)C1)Cn1c(=O)cnc2ccc(OC)cc21.NC1CC(=O)N(c2ccc3c(c2)CC(=O)CO3)C1. The number of anilines is 2. The fraction of sp³-hybridized carbons (Fsp3) is 0.400. The number of ketones is 2. The highest BCUT2D eigenvalue weighted by Crippen LogP contribution is 2.34. The van der Waals surface area contributed by atoms with Crippen LogP contribution in [0.1, 0.15) is 36.8 Å². The lowest BCUT2D eigenvalue weighted by Gasteiger charge is -2.22. The molecule has 0 aliphatic carbocycles. The first-order valence-corrected chi connectivity index (χ1v) is 24.9. The Hall–Kier alpha value is -7.89. The maximum atomic E-state index is 12.9. The number of hydrogen-bond donors (Lipinski definition) is 1. The number of benzene rings is 4. The normalized spacial score (nSPS) is 17.6. The predicted molar refractivity (Wildman–Crippen MR) is 281 cm³/mol. The molecule has 22 nitrogen and oxygen atoms in total. The van der Waals surface area contributed by atoms with Crippen molar-refractivity contribution in [3.05, 3.63) is 117 Å². The molecule has 0 bridgehead atoms. The first kappa shape index (κ1) is 55.3. The molecule has 4 aliphatic heterocycles. The van der Waals surface area contributed by atoms with Crippen LogP contribution in [0.2, 0.25) is 0 Å². The molecule has 0 radical (unpaired) electrons. The quantitative estimate of drug-likeness (QED) is 0.0953. The highest BCUT2D eigenvalue weighted by molar-refractivity contribution is 5.97. The zero-order chi connectivity index (χ0) is 54.6. The van der Waals surface area contributed by atoms with Crippen molar-refractivity contribution in [1.82, 2.24) is 19.1 Å². The van der Waals surface area contributed by atoms with E-state index >= 15 is 0 Å². The van der Waals surface area contributed by atoms with Gasteiger partial charge in [-0.1, -0.05) is 0 Å². The molecule has 4 aromatic carbocycles. The van der Waals surface area contributed by atoms with E-state index in [0.29, 0.717) is 97.3 Å². The number of nitrogens with zero attached hydrogens (tertiary/aromatic N) is 6. The fourth-order valence-electron chi connectivity index (χ4n) is 9.48. The van der Waals surface area contributed by atoms with Gasteiger partial charge in [-0.3, -0.25) is 28.8 Å². The number of fused-ring (bicyclic) bond motifs is 4. The highest BCUT2D eigenvalue weighted by Gasteiger charge is 2.33. The Morgan fingerprint density at radius 2 is 1.17 bits per heavy atom. The van der Waals surface area contributed by atoms with Gasteiger partial charge < -0.3 is 67.4 Å². The first-order valence-electron chi connectivity index (χ1n) is 24.9. The lowest BCUT2D eigenvalue weighted by atomic mass is 9.99. The summed E-state index contributed by atoms with van der Waals surface area (Å²) in [5.74, 6) is 2.98. The van der Waals surface area contributed by atoms with Crippen LogP contribution in [0.15, 0.2) is 94.8 Å². The smallest absolute Gasteiger partial charge is 0.269 e. The van der Waals surface area contributed by atoms with Crippen LogP contribution in [0.3, 0.4) is 0 Å². The number of methoxy groups -OCH3 is 4. The number of nitrogens with two attached hydrogens (primary N) is 1. The van der Waals surface area contributed by atoms with Gasteiger partial charge in [0.1, 0.15) is 55.9 Å². The molecule has 406 valence electrons. The second-order valence-electron chi connectivity index (χ2n) is 18.8. The summed E-state index contributed by atoms with van der Waals surface area (Å²) in [4.78, 5) is 95.4. The van der Waals surface area contributed by atoms with Gasteiger partial charge in [-0.2, -0.15) is 0 Å². The zero-order valence-corrected chi connectivity index (χ0v) is 43.3. The van der Waals surface area contributed by atoms with Crippen LogP contribution in [0.5, 0.6) is 23.0 Å². The van der Waals surface area contributed by atoms with Crippen molar-refractivity contribution in [3.8, 4) is 23.0 Å². The number of amides is 2. The van der Waals surface area contributed by atoms with Crippen LogP contribution in [-0.4, -0.2) is 135 Å². The number of ether oxygens (including phenoxy) is 8. The molecule has 10 rings (SSSR count). The monoisotopic (exact) mass is 1060 g/mol. The number of carbonyl (C=O) groups excluding carboxylic acids is 5. The molecule has 2 amide bonds. The van der Waals surface area contributed by atoms with Crippen molar-refractivity contribution >= 4 is 63.1 Å². The van der Waals surface area contributed by atoms with Gasteiger partial charge in [0.2, 0.25) is 11.8 Å². The molecule has 4 unspecified atom stereocenters. The molecular formula is C55H61N7O15. The molecule has 2 fully saturated rings. The van der Waals surface area contributed by atoms with Crippen LogP contribution >= 0.6 is 0 Å². The zero-order valence-electron chi connectivity index (χ0n) is 43.3. The number of carbonyl (C=O) groups is 5. The third-order valence-electron chi connectivity index (χ3n) is 13.4. The van der Waals surface area contributed by atoms with E-state index in [1.165, 1.54) is 31.2 Å². The Morgan fingerprint density at radius 1 is 0.649 bits per heavy atom. The Balaban J connectivity index is 0.000000169. The minimum atomic E-state index is -0.778. The fourth-order valence-corrected chi connectivity index (χ4v) is 9.48. The summed E-state index contributed by atoms with van der Waals surface area (Å²) in [6, 6.07) is 21.6. The van der Waals surface area contributed by atoms with Gasteiger partial charge in [0.05, 0.1) is 67.9 Å². The van der Waals surface area contributed by atoms with Crippen molar-refractivity contribution in [1.29, 1.82) is 0 Å². The third-order valence-corrected chi connectivity index (χ3v) is 13.4. The second kappa shape index (κ2) is 25.8. The van der Waals surface area contributed by atoms with E-state index in [4.69, 9.17) is 43.6 Å². The molecule has 4 aliphatic rings. The molecule has 22 heteroatoms. The first-order chi connectivity index (χ1) is 37.3. The molecule has 2 saturated heterocycles. The van der Waals surface area contributed by atoms with E-state index in [1.54, 1.807) is 58.9 Å². The lowest BCUT2D eigenvalue weighted by Crippen LogP contribution is -2.30. The summed E-state index contributed by atoms with van der Waals surface area (Å²) in [6.07, 6.45) is 4.97. The van der Waals surface area contributed by atoms with Crippen molar-refractivity contribution in [2.24, 2.45) is 11.7 Å². The van der Waals surface area contributed by atoms with Gasteiger partial charge in [0, 0.05) is 93.7 Å². The summed E-state index contributed by atoms with van der Waals surface area (Å²) in [5.41, 5.74) is 11.0. The molecular weight excluding hydrogens is 999 g/mol. The molecule has 0 spiro atoms. The van der Waals surface area contributed by atoms with E-state index < -0.39 is 6.10 Å². The lowest BCUT2D eigenvalue weighted by molar-refractivity contribution is -0.128. The van der Waals surface area contributed by atoms with Crippen molar-refractivity contribution < 1.29 is 61.9 Å². The van der Waals surface area contributed by atoms with Gasteiger partial charge in [-0.05, 0) is 79.4 Å². The van der Waals surface area contributed by atoms with Gasteiger partial charge >= 0.3 is 0 Å². The van der Waals surface area contributed by atoms with E-state index in [9.17, 15) is 33.6 Å². The molecule has 4 atom stereocenters. The number of rotatable bonds is 18. The van der Waals surface area contributed by atoms with E-state index in [-0.39, 0.29) is 85.9 Å². The summed E-state index contributed by atoms with van der Waals surface area (Å²) >= 11 is 0. The summed E-state index contributed by atoms with van der Waals surface area (Å²) in [7, 11) is 6.13. The number of hydrogen-bond acceptors (Lipinski definition) is 18. The summed E-state index contributed by atoms with van der Waals surface area (Å²) < 4.78 is 45.4. The summed E-state index contributed by atoms with van der Waals surface area (Å²) in [6.45, 7) is 1.82. The van der Waals surface area contributed by atoms with Crippen molar-refractivity contribution in [2.45, 2.75) is 69.9 Å². The minimum Gasteiger partial charge on any atom is -0.497 e. The predicted octanol–water partition coefficient (Wildman–Crippen LogP) is 3.58. The third kappa shape index (κ3) is 13.8. The Morgan fingerprint density at radius 3 is 1.68 bits per heavy atom. The Bertz CT molecular complexity index is 3250. The van der Waals surface area contributed by atoms with Crippen molar-refractivity contribution in [2.75, 3.05) is 78.1 Å². The largest absolute Gasteiger partial charge is 0.497 e. The van der Waals surface area contributed by atoms with Crippen LogP contribution in [0, 0.1) is 5.92 Å². The Labute approximate surface area is 442 Å². The number of Topliss-reactive ketones (excluding diaryl/α,β-unsaturated/α-hetero) is 2. The average molecular weight is 1060 g/mol.